The average Bonchev–Trinajstić information content (AvgIpc) is 3.44. The minimum atomic E-state index is -3.57. The summed E-state index contributed by atoms with van der Waals surface area (Å²) in [7, 11) is -3.57. The Balaban J connectivity index is 1.35. The first kappa shape index (κ1) is 22.5. The number of nitro groups is 1. The van der Waals surface area contributed by atoms with Crippen LogP contribution in [-0.2, 0) is 14.8 Å². The Morgan fingerprint density at radius 1 is 1.19 bits per heavy atom. The number of carbonyl (C=O) groups is 1. The molecule has 1 aromatic carbocycles. The van der Waals surface area contributed by atoms with Gasteiger partial charge in [-0.3, -0.25) is 14.9 Å². The lowest BCUT2D eigenvalue weighted by Gasteiger charge is -2.30. The van der Waals surface area contributed by atoms with Crippen molar-refractivity contribution in [2.24, 2.45) is 5.92 Å². The van der Waals surface area contributed by atoms with Gasteiger partial charge in [0.15, 0.2) is 5.13 Å². The number of nitrogens with one attached hydrogen (secondary N) is 1. The Labute approximate surface area is 192 Å². The Morgan fingerprint density at radius 2 is 1.88 bits per heavy atom. The molecule has 3 heterocycles. The maximum atomic E-state index is 12.8. The molecule has 0 atom stereocenters. The van der Waals surface area contributed by atoms with E-state index in [1.165, 1.54) is 38.4 Å². The van der Waals surface area contributed by atoms with Crippen molar-refractivity contribution in [1.29, 1.82) is 0 Å². The number of rotatable bonds is 6. The van der Waals surface area contributed by atoms with Crippen LogP contribution < -0.4 is 5.32 Å². The van der Waals surface area contributed by atoms with E-state index in [0.29, 0.717) is 28.5 Å². The van der Waals surface area contributed by atoms with E-state index < -0.39 is 14.9 Å². The zero-order valence-corrected chi connectivity index (χ0v) is 19.5. The van der Waals surface area contributed by atoms with Crippen molar-refractivity contribution in [2.45, 2.75) is 24.7 Å². The molecular formula is C20H20N4O5S3. The van der Waals surface area contributed by atoms with E-state index in [0.717, 1.165) is 5.56 Å². The standard InChI is InChI=1S/C20H20N4O5S3/c1-13-2-4-16(5-3-13)32(28,29)23-8-6-14(7-9-23)19(25)22-20-21-17(12-31-20)18-10-15(11-30-18)24(26)27/h2-5,10-12,14H,6-9H2,1H3,(H,21,22,25). The van der Waals surface area contributed by atoms with Crippen LogP contribution in [0.4, 0.5) is 10.8 Å². The van der Waals surface area contributed by atoms with Crippen molar-refractivity contribution in [2.75, 3.05) is 18.4 Å². The number of carbonyl (C=O) groups excluding carboxylic acids is 1. The van der Waals surface area contributed by atoms with E-state index in [1.807, 2.05) is 6.92 Å². The van der Waals surface area contributed by atoms with Crippen LogP contribution in [0.5, 0.6) is 0 Å². The van der Waals surface area contributed by atoms with Gasteiger partial charge in [0.05, 0.1) is 25.8 Å². The van der Waals surface area contributed by atoms with E-state index in [9.17, 15) is 23.3 Å². The molecule has 0 saturated carbocycles. The Kier molecular flexibility index (Phi) is 6.38. The number of piperidine rings is 1. The number of benzene rings is 1. The summed E-state index contributed by atoms with van der Waals surface area (Å²) in [6.45, 7) is 2.45. The van der Waals surface area contributed by atoms with Gasteiger partial charge in [-0.2, -0.15) is 4.31 Å². The fourth-order valence-electron chi connectivity index (χ4n) is 3.43. The molecule has 12 heteroatoms. The van der Waals surface area contributed by atoms with Gasteiger partial charge in [0.25, 0.3) is 5.69 Å². The van der Waals surface area contributed by atoms with Crippen molar-refractivity contribution in [3.05, 3.63) is 56.8 Å². The molecule has 0 aliphatic carbocycles. The lowest BCUT2D eigenvalue weighted by molar-refractivity contribution is -0.384. The van der Waals surface area contributed by atoms with Crippen LogP contribution in [0.3, 0.4) is 0 Å². The molecule has 0 unspecified atom stereocenters. The molecule has 168 valence electrons. The smallest absolute Gasteiger partial charge is 0.280 e. The molecule has 3 aromatic rings. The van der Waals surface area contributed by atoms with Gasteiger partial charge in [-0.15, -0.1) is 22.7 Å². The number of sulfonamides is 1. The van der Waals surface area contributed by atoms with Crippen molar-refractivity contribution in [3.63, 3.8) is 0 Å². The van der Waals surface area contributed by atoms with E-state index in [1.54, 1.807) is 29.6 Å². The predicted octanol–water partition coefficient (Wildman–Crippen LogP) is 4.13. The van der Waals surface area contributed by atoms with Crippen LogP contribution >= 0.6 is 22.7 Å². The number of thiazole rings is 1. The third-order valence-corrected chi connectivity index (χ3v) is 8.88. The molecule has 0 spiro atoms. The molecule has 32 heavy (non-hydrogen) atoms. The second kappa shape index (κ2) is 9.06. The summed E-state index contributed by atoms with van der Waals surface area (Å²) in [6.07, 6.45) is 0.846. The molecule has 0 bridgehead atoms. The maximum absolute atomic E-state index is 12.8. The first-order chi connectivity index (χ1) is 15.2. The molecule has 1 aliphatic rings. The molecule has 4 rings (SSSR count). The first-order valence-corrected chi connectivity index (χ1v) is 13.0. The van der Waals surface area contributed by atoms with Crippen molar-refractivity contribution in [1.82, 2.24) is 9.29 Å². The van der Waals surface area contributed by atoms with E-state index in [-0.39, 0.29) is 35.5 Å². The number of nitrogens with zero attached hydrogens (tertiary/aromatic N) is 3. The molecule has 1 saturated heterocycles. The quantitative estimate of drug-likeness (QED) is 0.408. The summed E-state index contributed by atoms with van der Waals surface area (Å²) >= 11 is 2.47. The second-order valence-electron chi connectivity index (χ2n) is 7.44. The number of amides is 1. The van der Waals surface area contributed by atoms with Gasteiger partial charge < -0.3 is 5.32 Å². The molecule has 1 fully saturated rings. The monoisotopic (exact) mass is 492 g/mol. The number of aryl methyl sites for hydroxylation is 1. The third kappa shape index (κ3) is 4.72. The van der Waals surface area contributed by atoms with Gasteiger partial charge in [-0.1, -0.05) is 17.7 Å². The maximum Gasteiger partial charge on any atom is 0.280 e. The second-order valence-corrected chi connectivity index (χ2v) is 11.2. The molecule has 2 aromatic heterocycles. The normalized spacial score (nSPS) is 15.5. The van der Waals surface area contributed by atoms with E-state index in [4.69, 9.17) is 0 Å². The van der Waals surface area contributed by atoms with Crippen molar-refractivity contribution >= 4 is 49.4 Å². The highest BCUT2D eigenvalue weighted by atomic mass is 32.2. The fraction of sp³-hybridized carbons (Fsp3) is 0.300. The number of aromatic nitrogens is 1. The van der Waals surface area contributed by atoms with Crippen molar-refractivity contribution in [3.8, 4) is 10.6 Å². The van der Waals surface area contributed by atoms with Gasteiger partial charge in [-0.25, -0.2) is 13.4 Å². The zero-order valence-electron chi connectivity index (χ0n) is 17.1. The topological polar surface area (TPSA) is 123 Å². The average molecular weight is 493 g/mol. The number of anilines is 1. The summed E-state index contributed by atoms with van der Waals surface area (Å²) in [4.78, 5) is 28.3. The number of hydrogen-bond donors (Lipinski definition) is 1. The minimum absolute atomic E-state index is 0.0101. The SMILES string of the molecule is Cc1ccc(S(=O)(=O)N2CCC(C(=O)Nc3nc(-c4cc([N+](=O)[O-])cs4)cs3)CC2)cc1. The van der Waals surface area contributed by atoms with Gasteiger partial charge in [0.2, 0.25) is 15.9 Å². The first-order valence-electron chi connectivity index (χ1n) is 9.80. The summed E-state index contributed by atoms with van der Waals surface area (Å²) in [6, 6.07) is 8.19. The van der Waals surface area contributed by atoms with Crippen LogP contribution in [0.15, 0.2) is 46.0 Å². The van der Waals surface area contributed by atoms with Gasteiger partial charge in [0.1, 0.15) is 0 Å². The highest BCUT2D eigenvalue weighted by molar-refractivity contribution is 7.89. The summed E-state index contributed by atoms with van der Waals surface area (Å²) in [5.74, 6) is -0.509. The molecule has 1 amide bonds. The van der Waals surface area contributed by atoms with Gasteiger partial charge in [-0.05, 0) is 31.9 Å². The number of hydrogen-bond acceptors (Lipinski definition) is 8. The largest absolute Gasteiger partial charge is 0.302 e. The molecule has 1 N–H and O–H groups in total. The molecular weight excluding hydrogens is 472 g/mol. The van der Waals surface area contributed by atoms with Crippen LogP contribution in [0.25, 0.3) is 10.6 Å². The third-order valence-electron chi connectivity index (χ3n) is 5.27. The number of thiophene rings is 1. The van der Waals surface area contributed by atoms with Crippen LogP contribution in [0.1, 0.15) is 18.4 Å². The highest BCUT2D eigenvalue weighted by Crippen LogP contribution is 2.33. The lowest BCUT2D eigenvalue weighted by Crippen LogP contribution is -2.41. The molecule has 0 radical (unpaired) electrons. The summed E-state index contributed by atoms with van der Waals surface area (Å²) in [5, 5.41) is 17.2. The Morgan fingerprint density at radius 3 is 2.50 bits per heavy atom. The minimum Gasteiger partial charge on any atom is -0.302 e. The van der Waals surface area contributed by atoms with E-state index in [2.05, 4.69) is 10.3 Å². The lowest BCUT2D eigenvalue weighted by atomic mass is 9.97. The Hall–Kier alpha value is -2.67. The fourth-order valence-corrected chi connectivity index (χ4v) is 6.50. The molecule has 9 nitrogen and oxygen atoms in total. The van der Waals surface area contributed by atoms with Crippen LogP contribution in [0.2, 0.25) is 0 Å². The van der Waals surface area contributed by atoms with Gasteiger partial charge in [0, 0.05) is 30.5 Å². The summed E-state index contributed by atoms with van der Waals surface area (Å²) < 4.78 is 27.1. The summed E-state index contributed by atoms with van der Waals surface area (Å²) in [5.41, 5.74) is 1.57. The Bertz CT molecular complexity index is 1240. The van der Waals surface area contributed by atoms with Crippen LogP contribution in [0, 0.1) is 23.0 Å². The van der Waals surface area contributed by atoms with Crippen molar-refractivity contribution < 1.29 is 18.1 Å². The van der Waals surface area contributed by atoms with Gasteiger partial charge >= 0.3 is 0 Å². The molecule has 1 aliphatic heterocycles. The van der Waals surface area contributed by atoms with E-state index >= 15 is 0 Å². The zero-order chi connectivity index (χ0) is 22.9. The predicted molar refractivity (Wildman–Crippen MR) is 123 cm³/mol. The highest BCUT2D eigenvalue weighted by Gasteiger charge is 2.32. The van der Waals surface area contributed by atoms with Crippen LogP contribution in [-0.4, -0.2) is 41.6 Å².